The molecule has 0 bridgehead atoms. The Hall–Kier alpha value is -4.45. The molecule has 0 atom stereocenters. The van der Waals surface area contributed by atoms with Crippen LogP contribution in [0.15, 0.2) is 83.8 Å². The SMILES string of the molecule is O=C(COC(=O)c1ccccc1NS(=O)(=O)c1cccc([N+](=O)[O-])c1)NCCOc1ccccc1. The molecule has 0 saturated carbocycles. The molecule has 2 N–H and O–H groups in total. The maximum absolute atomic E-state index is 12.7. The van der Waals surface area contributed by atoms with Gasteiger partial charge in [0.1, 0.15) is 12.4 Å². The number of sulfonamides is 1. The number of amides is 1. The largest absolute Gasteiger partial charge is 0.492 e. The highest BCUT2D eigenvalue weighted by Gasteiger charge is 2.21. The van der Waals surface area contributed by atoms with Crippen molar-refractivity contribution in [2.45, 2.75) is 4.90 Å². The van der Waals surface area contributed by atoms with Crippen molar-refractivity contribution in [3.63, 3.8) is 0 Å². The van der Waals surface area contributed by atoms with Gasteiger partial charge >= 0.3 is 5.97 Å². The third-order valence-corrected chi connectivity index (χ3v) is 5.86. The number of ether oxygens (including phenoxy) is 2. The Kier molecular flexibility index (Phi) is 8.35. The van der Waals surface area contributed by atoms with Crippen LogP contribution < -0.4 is 14.8 Å². The van der Waals surface area contributed by atoms with Crippen LogP contribution in [0.25, 0.3) is 0 Å². The van der Waals surface area contributed by atoms with Crippen LogP contribution >= 0.6 is 0 Å². The molecule has 0 aliphatic heterocycles. The first-order chi connectivity index (χ1) is 16.8. The number of nitro benzene ring substituents is 1. The van der Waals surface area contributed by atoms with E-state index in [4.69, 9.17) is 9.47 Å². The minimum atomic E-state index is -4.25. The second-order valence-corrected chi connectivity index (χ2v) is 8.68. The van der Waals surface area contributed by atoms with Gasteiger partial charge in [-0.15, -0.1) is 0 Å². The highest BCUT2D eigenvalue weighted by atomic mass is 32.2. The maximum Gasteiger partial charge on any atom is 0.340 e. The van der Waals surface area contributed by atoms with E-state index in [9.17, 15) is 28.1 Å². The number of anilines is 1. The van der Waals surface area contributed by atoms with E-state index in [2.05, 4.69) is 10.0 Å². The van der Waals surface area contributed by atoms with Crippen LogP contribution in [0, 0.1) is 10.1 Å². The fraction of sp³-hybridized carbons (Fsp3) is 0.130. The average molecular weight is 500 g/mol. The Morgan fingerprint density at radius 1 is 0.943 bits per heavy atom. The van der Waals surface area contributed by atoms with Crippen molar-refractivity contribution in [3.05, 3.63) is 94.5 Å². The molecule has 0 spiro atoms. The molecule has 182 valence electrons. The molecule has 0 unspecified atom stereocenters. The molecule has 0 radical (unpaired) electrons. The zero-order chi connectivity index (χ0) is 25.3. The molecule has 0 aliphatic carbocycles. The van der Waals surface area contributed by atoms with Crippen molar-refractivity contribution < 1.29 is 32.4 Å². The highest BCUT2D eigenvalue weighted by Crippen LogP contribution is 2.23. The molecule has 0 fully saturated rings. The van der Waals surface area contributed by atoms with Gasteiger partial charge in [0.2, 0.25) is 0 Å². The topological polar surface area (TPSA) is 154 Å². The van der Waals surface area contributed by atoms with Gasteiger partial charge in [-0.25, -0.2) is 13.2 Å². The third kappa shape index (κ3) is 7.27. The zero-order valence-corrected chi connectivity index (χ0v) is 19.1. The summed E-state index contributed by atoms with van der Waals surface area (Å²) in [6, 6.07) is 19.1. The molecule has 0 saturated heterocycles. The van der Waals surface area contributed by atoms with Crippen molar-refractivity contribution in [1.82, 2.24) is 5.32 Å². The number of non-ortho nitro benzene ring substituents is 1. The van der Waals surface area contributed by atoms with Gasteiger partial charge in [-0.05, 0) is 30.3 Å². The van der Waals surface area contributed by atoms with Crippen LogP contribution in [0.1, 0.15) is 10.4 Å². The first kappa shape index (κ1) is 25.2. The van der Waals surface area contributed by atoms with E-state index in [0.29, 0.717) is 5.75 Å². The van der Waals surface area contributed by atoms with Gasteiger partial charge in [-0.3, -0.25) is 19.6 Å². The van der Waals surface area contributed by atoms with Crippen molar-refractivity contribution in [2.75, 3.05) is 24.5 Å². The molecule has 11 nitrogen and oxygen atoms in total. The van der Waals surface area contributed by atoms with Gasteiger partial charge in [-0.2, -0.15) is 0 Å². The van der Waals surface area contributed by atoms with Gasteiger partial charge in [0.15, 0.2) is 6.61 Å². The second kappa shape index (κ2) is 11.6. The average Bonchev–Trinajstić information content (AvgIpc) is 2.86. The predicted octanol–water partition coefficient (Wildman–Crippen LogP) is 2.75. The molecule has 3 rings (SSSR count). The summed E-state index contributed by atoms with van der Waals surface area (Å²) in [5.74, 6) is -0.847. The summed E-state index contributed by atoms with van der Waals surface area (Å²) in [5.41, 5.74) is -0.650. The minimum Gasteiger partial charge on any atom is -0.492 e. The lowest BCUT2D eigenvalue weighted by Crippen LogP contribution is -2.32. The summed E-state index contributed by atoms with van der Waals surface area (Å²) in [5, 5.41) is 13.5. The Bertz CT molecular complexity index is 1310. The molecular formula is C23H21N3O8S. The Morgan fingerprint density at radius 2 is 1.66 bits per heavy atom. The van der Waals surface area contributed by atoms with Gasteiger partial charge < -0.3 is 14.8 Å². The summed E-state index contributed by atoms with van der Waals surface area (Å²) in [4.78, 5) is 34.3. The number of esters is 1. The van der Waals surface area contributed by atoms with E-state index in [1.807, 2.05) is 18.2 Å². The minimum absolute atomic E-state index is 0.110. The lowest BCUT2D eigenvalue weighted by molar-refractivity contribution is -0.385. The first-order valence-corrected chi connectivity index (χ1v) is 11.7. The van der Waals surface area contributed by atoms with Gasteiger partial charge in [0.05, 0.1) is 27.6 Å². The lowest BCUT2D eigenvalue weighted by atomic mass is 10.2. The molecule has 3 aromatic rings. The number of nitro groups is 1. The fourth-order valence-corrected chi connectivity index (χ4v) is 3.97. The summed E-state index contributed by atoms with van der Waals surface area (Å²) >= 11 is 0. The number of benzene rings is 3. The van der Waals surface area contributed by atoms with E-state index >= 15 is 0 Å². The standard InChI is InChI=1S/C23H21N3O8S/c27-22(24-13-14-33-18-8-2-1-3-9-18)16-34-23(28)20-11-4-5-12-21(20)25-35(31,32)19-10-6-7-17(15-19)26(29)30/h1-12,15,25H,13-14,16H2,(H,24,27). The number of hydrogen-bond acceptors (Lipinski definition) is 8. The predicted molar refractivity (Wildman–Crippen MR) is 126 cm³/mol. The Balaban J connectivity index is 1.57. The number of carbonyl (C=O) groups excluding carboxylic acids is 2. The van der Waals surface area contributed by atoms with E-state index in [0.717, 1.165) is 12.1 Å². The van der Waals surface area contributed by atoms with Crippen LogP contribution in [-0.4, -0.2) is 45.0 Å². The monoisotopic (exact) mass is 499 g/mol. The summed E-state index contributed by atoms with van der Waals surface area (Å²) in [6.45, 7) is -0.188. The number of para-hydroxylation sites is 2. The smallest absolute Gasteiger partial charge is 0.340 e. The van der Waals surface area contributed by atoms with Crippen LogP contribution in [0.5, 0.6) is 5.75 Å². The molecule has 35 heavy (non-hydrogen) atoms. The van der Waals surface area contributed by atoms with Crippen LogP contribution in [0.3, 0.4) is 0 Å². The quantitative estimate of drug-likeness (QED) is 0.177. The molecule has 0 aliphatic rings. The van der Waals surface area contributed by atoms with E-state index in [1.165, 1.54) is 36.4 Å². The molecule has 12 heteroatoms. The van der Waals surface area contributed by atoms with E-state index < -0.39 is 39.1 Å². The molecule has 1 amide bonds. The van der Waals surface area contributed by atoms with Crippen LogP contribution in [0.4, 0.5) is 11.4 Å². The summed E-state index contributed by atoms with van der Waals surface area (Å²) in [6.07, 6.45) is 0. The van der Waals surface area contributed by atoms with Crippen LogP contribution in [0.2, 0.25) is 0 Å². The Morgan fingerprint density at radius 3 is 2.40 bits per heavy atom. The van der Waals surface area contributed by atoms with Crippen molar-refractivity contribution >= 4 is 33.3 Å². The Labute approximate surface area is 200 Å². The lowest BCUT2D eigenvalue weighted by Gasteiger charge is -2.12. The number of rotatable bonds is 11. The molecule has 0 aromatic heterocycles. The number of nitrogens with one attached hydrogen (secondary N) is 2. The van der Waals surface area contributed by atoms with E-state index in [-0.39, 0.29) is 29.3 Å². The van der Waals surface area contributed by atoms with Crippen molar-refractivity contribution in [2.24, 2.45) is 0 Å². The zero-order valence-electron chi connectivity index (χ0n) is 18.2. The van der Waals surface area contributed by atoms with Crippen LogP contribution in [-0.2, 0) is 19.6 Å². The molecule has 0 heterocycles. The van der Waals surface area contributed by atoms with Gasteiger partial charge in [0.25, 0.3) is 21.6 Å². The van der Waals surface area contributed by atoms with Crippen molar-refractivity contribution in [1.29, 1.82) is 0 Å². The maximum atomic E-state index is 12.7. The normalized spacial score (nSPS) is 10.7. The van der Waals surface area contributed by atoms with Gasteiger partial charge in [-0.1, -0.05) is 36.4 Å². The third-order valence-electron chi connectivity index (χ3n) is 4.50. The highest BCUT2D eigenvalue weighted by molar-refractivity contribution is 7.92. The first-order valence-electron chi connectivity index (χ1n) is 10.2. The summed E-state index contributed by atoms with van der Waals surface area (Å²) in [7, 11) is -4.25. The second-order valence-electron chi connectivity index (χ2n) is 6.99. The number of hydrogen-bond donors (Lipinski definition) is 2. The number of carbonyl (C=O) groups is 2. The van der Waals surface area contributed by atoms with Gasteiger partial charge in [0, 0.05) is 12.1 Å². The van der Waals surface area contributed by atoms with Crippen molar-refractivity contribution in [3.8, 4) is 5.75 Å². The van der Waals surface area contributed by atoms with E-state index in [1.54, 1.807) is 12.1 Å². The summed E-state index contributed by atoms with van der Waals surface area (Å²) < 4.78 is 38.1. The fourth-order valence-electron chi connectivity index (χ4n) is 2.85. The number of nitrogens with zero attached hydrogens (tertiary/aromatic N) is 1. The molecule has 3 aromatic carbocycles. The molecular weight excluding hydrogens is 478 g/mol.